The number of ether oxygens (including phenoxy) is 1. The fraction of sp³-hybridized carbons (Fsp3) is 0.538. The van der Waals surface area contributed by atoms with Crippen LogP contribution in [-0.4, -0.2) is 19.8 Å². The molecule has 1 aromatic carbocycles. The topological polar surface area (TPSA) is 35.2 Å². The lowest BCUT2D eigenvalue weighted by Gasteiger charge is -2.12. The number of hydrogen-bond acceptors (Lipinski definition) is 2. The fourth-order valence-electron chi connectivity index (χ4n) is 1.62. The number of nitrogens with two attached hydrogens (primary N) is 1. The SMILES string of the molecule is NCCc1cccc(Br)c1OCCCCCF. The van der Waals surface area contributed by atoms with E-state index in [0.717, 1.165) is 35.0 Å². The van der Waals surface area contributed by atoms with Gasteiger partial charge in [0.05, 0.1) is 17.8 Å². The van der Waals surface area contributed by atoms with Gasteiger partial charge in [0.2, 0.25) is 0 Å². The van der Waals surface area contributed by atoms with Gasteiger partial charge in [0, 0.05) is 0 Å². The maximum Gasteiger partial charge on any atom is 0.136 e. The number of benzene rings is 1. The molecule has 0 spiro atoms. The van der Waals surface area contributed by atoms with Crippen molar-refractivity contribution in [2.45, 2.75) is 25.7 Å². The van der Waals surface area contributed by atoms with Gasteiger partial charge in [0.25, 0.3) is 0 Å². The van der Waals surface area contributed by atoms with Crippen LogP contribution in [0.1, 0.15) is 24.8 Å². The predicted molar refractivity (Wildman–Crippen MR) is 72.2 cm³/mol. The molecule has 4 heteroatoms. The molecule has 0 fully saturated rings. The quantitative estimate of drug-likeness (QED) is 0.746. The minimum atomic E-state index is -0.243. The van der Waals surface area contributed by atoms with Gasteiger partial charge in [0.1, 0.15) is 5.75 Å². The molecule has 0 aliphatic carbocycles. The fourth-order valence-corrected chi connectivity index (χ4v) is 2.14. The van der Waals surface area contributed by atoms with Gasteiger partial charge in [-0.1, -0.05) is 12.1 Å². The Morgan fingerprint density at radius 2 is 2.06 bits per heavy atom. The largest absolute Gasteiger partial charge is 0.492 e. The van der Waals surface area contributed by atoms with E-state index in [1.165, 1.54) is 0 Å². The summed E-state index contributed by atoms with van der Waals surface area (Å²) in [6, 6.07) is 5.95. The lowest BCUT2D eigenvalue weighted by atomic mass is 10.1. The Kier molecular flexibility index (Phi) is 7.21. The molecule has 0 aliphatic heterocycles. The summed E-state index contributed by atoms with van der Waals surface area (Å²) in [4.78, 5) is 0. The van der Waals surface area contributed by atoms with Crippen molar-refractivity contribution in [2.24, 2.45) is 5.73 Å². The molecule has 2 N–H and O–H groups in total. The summed E-state index contributed by atoms with van der Waals surface area (Å²) in [5.74, 6) is 0.873. The summed E-state index contributed by atoms with van der Waals surface area (Å²) in [5.41, 5.74) is 6.68. The first-order valence-electron chi connectivity index (χ1n) is 5.95. The monoisotopic (exact) mass is 303 g/mol. The third kappa shape index (κ3) is 5.04. The van der Waals surface area contributed by atoms with Gasteiger partial charge >= 0.3 is 0 Å². The third-order valence-electron chi connectivity index (χ3n) is 2.49. The van der Waals surface area contributed by atoms with E-state index in [-0.39, 0.29) is 6.67 Å². The number of para-hydroxylation sites is 1. The van der Waals surface area contributed by atoms with Crippen molar-refractivity contribution in [1.29, 1.82) is 0 Å². The molecule has 96 valence electrons. The molecule has 0 bridgehead atoms. The van der Waals surface area contributed by atoms with Gasteiger partial charge in [-0.15, -0.1) is 0 Å². The van der Waals surface area contributed by atoms with E-state index in [9.17, 15) is 4.39 Å². The van der Waals surface area contributed by atoms with Crippen LogP contribution in [0.2, 0.25) is 0 Å². The Balaban J connectivity index is 2.50. The Morgan fingerprint density at radius 3 is 2.76 bits per heavy atom. The number of rotatable bonds is 8. The van der Waals surface area contributed by atoms with Crippen molar-refractivity contribution in [3.8, 4) is 5.75 Å². The van der Waals surface area contributed by atoms with Crippen LogP contribution >= 0.6 is 15.9 Å². The van der Waals surface area contributed by atoms with Crippen LogP contribution in [0.15, 0.2) is 22.7 Å². The molecule has 1 rings (SSSR count). The Hall–Kier alpha value is -0.610. The molecular formula is C13H19BrFNO. The summed E-state index contributed by atoms with van der Waals surface area (Å²) < 4.78 is 18.6. The van der Waals surface area contributed by atoms with Crippen molar-refractivity contribution in [1.82, 2.24) is 0 Å². The van der Waals surface area contributed by atoms with Gasteiger partial charge in [-0.3, -0.25) is 4.39 Å². The highest BCUT2D eigenvalue weighted by atomic mass is 79.9. The summed E-state index contributed by atoms with van der Waals surface area (Å²) in [7, 11) is 0. The molecule has 0 heterocycles. The van der Waals surface area contributed by atoms with Gasteiger partial charge < -0.3 is 10.5 Å². The van der Waals surface area contributed by atoms with Crippen LogP contribution in [0.5, 0.6) is 5.75 Å². The summed E-state index contributed by atoms with van der Waals surface area (Å²) in [6.45, 7) is 0.988. The molecule has 0 unspecified atom stereocenters. The van der Waals surface area contributed by atoms with Crippen LogP contribution in [0.4, 0.5) is 4.39 Å². The summed E-state index contributed by atoms with van der Waals surface area (Å²) in [5, 5.41) is 0. The van der Waals surface area contributed by atoms with E-state index >= 15 is 0 Å². The molecular weight excluding hydrogens is 285 g/mol. The zero-order valence-corrected chi connectivity index (χ0v) is 11.5. The number of unbranched alkanes of at least 4 members (excludes halogenated alkanes) is 2. The van der Waals surface area contributed by atoms with E-state index in [4.69, 9.17) is 10.5 Å². The molecule has 0 saturated carbocycles. The van der Waals surface area contributed by atoms with Gasteiger partial charge in [0.15, 0.2) is 0 Å². The van der Waals surface area contributed by atoms with Crippen LogP contribution in [0.3, 0.4) is 0 Å². The molecule has 17 heavy (non-hydrogen) atoms. The molecule has 0 amide bonds. The van der Waals surface area contributed by atoms with Crippen LogP contribution < -0.4 is 10.5 Å². The Morgan fingerprint density at radius 1 is 1.24 bits per heavy atom. The van der Waals surface area contributed by atoms with E-state index in [0.29, 0.717) is 19.6 Å². The number of halogens is 2. The molecule has 0 saturated heterocycles. The first kappa shape index (κ1) is 14.5. The normalized spacial score (nSPS) is 10.5. The number of alkyl halides is 1. The van der Waals surface area contributed by atoms with E-state index in [2.05, 4.69) is 15.9 Å². The van der Waals surface area contributed by atoms with Crippen molar-refractivity contribution in [3.05, 3.63) is 28.2 Å². The van der Waals surface area contributed by atoms with Crippen molar-refractivity contribution >= 4 is 15.9 Å². The Bertz CT molecular complexity index is 333. The standard InChI is InChI=1S/C13H19BrFNO/c14-12-6-4-5-11(7-9-16)13(12)17-10-3-1-2-8-15/h4-6H,1-3,7-10,16H2. The minimum Gasteiger partial charge on any atom is -0.492 e. The molecule has 0 radical (unpaired) electrons. The maximum absolute atomic E-state index is 11.9. The second-order valence-electron chi connectivity index (χ2n) is 3.86. The smallest absolute Gasteiger partial charge is 0.136 e. The van der Waals surface area contributed by atoms with Crippen LogP contribution in [0.25, 0.3) is 0 Å². The van der Waals surface area contributed by atoms with Crippen LogP contribution in [-0.2, 0) is 6.42 Å². The van der Waals surface area contributed by atoms with E-state index in [1.54, 1.807) is 0 Å². The molecule has 0 aromatic heterocycles. The second-order valence-corrected chi connectivity index (χ2v) is 4.72. The third-order valence-corrected chi connectivity index (χ3v) is 3.11. The lowest BCUT2D eigenvalue weighted by molar-refractivity contribution is 0.297. The second kappa shape index (κ2) is 8.48. The molecule has 0 atom stereocenters. The van der Waals surface area contributed by atoms with Gasteiger partial charge in [-0.05, 0) is 59.8 Å². The predicted octanol–water partition coefficient (Wildman–Crippen LogP) is 3.47. The minimum absolute atomic E-state index is 0.243. The summed E-state index contributed by atoms with van der Waals surface area (Å²) in [6.07, 6.45) is 3.18. The zero-order valence-electron chi connectivity index (χ0n) is 9.92. The van der Waals surface area contributed by atoms with Crippen molar-refractivity contribution < 1.29 is 9.13 Å². The number of hydrogen-bond donors (Lipinski definition) is 1. The van der Waals surface area contributed by atoms with E-state index in [1.807, 2.05) is 18.2 Å². The van der Waals surface area contributed by atoms with Crippen molar-refractivity contribution in [3.63, 3.8) is 0 Å². The Labute approximate surface area is 110 Å². The average Bonchev–Trinajstić information content (AvgIpc) is 2.32. The van der Waals surface area contributed by atoms with Crippen molar-refractivity contribution in [2.75, 3.05) is 19.8 Å². The first-order valence-corrected chi connectivity index (χ1v) is 6.75. The maximum atomic E-state index is 11.9. The average molecular weight is 304 g/mol. The van der Waals surface area contributed by atoms with Gasteiger partial charge in [-0.25, -0.2) is 0 Å². The lowest BCUT2D eigenvalue weighted by Crippen LogP contribution is -2.06. The molecule has 2 nitrogen and oxygen atoms in total. The van der Waals surface area contributed by atoms with Crippen LogP contribution in [0, 0.1) is 0 Å². The molecule has 0 aliphatic rings. The van der Waals surface area contributed by atoms with Gasteiger partial charge in [-0.2, -0.15) is 0 Å². The highest BCUT2D eigenvalue weighted by Crippen LogP contribution is 2.29. The highest BCUT2D eigenvalue weighted by molar-refractivity contribution is 9.10. The molecule has 1 aromatic rings. The summed E-state index contributed by atoms with van der Waals surface area (Å²) >= 11 is 3.47. The zero-order chi connectivity index (χ0) is 12.5. The van der Waals surface area contributed by atoms with E-state index < -0.39 is 0 Å². The first-order chi connectivity index (χ1) is 8.29. The highest BCUT2D eigenvalue weighted by Gasteiger charge is 2.07.